The third-order valence-electron chi connectivity index (χ3n) is 4.13. The van der Waals surface area contributed by atoms with Crippen LogP contribution in [0.4, 0.5) is 11.4 Å². The maximum atomic E-state index is 12.3. The molecule has 3 aromatic rings. The van der Waals surface area contributed by atoms with E-state index in [4.69, 9.17) is 11.6 Å². The number of nitrogens with zero attached hydrogens (tertiary/aromatic N) is 1. The van der Waals surface area contributed by atoms with Crippen molar-refractivity contribution < 1.29 is 19.9 Å². The Morgan fingerprint density at radius 3 is 2.48 bits per heavy atom. The van der Waals surface area contributed by atoms with Crippen molar-refractivity contribution in [2.45, 2.75) is 6.10 Å². The number of aliphatic hydroxyl groups is 1. The molecular formula is C19H15ClN2O5. The minimum atomic E-state index is -1.34. The van der Waals surface area contributed by atoms with Gasteiger partial charge in [-0.2, -0.15) is 0 Å². The Hall–Kier alpha value is -3.16. The average molecular weight is 387 g/mol. The molecule has 0 heterocycles. The fourth-order valence-electron chi connectivity index (χ4n) is 2.71. The number of Topliss-reactive ketones (excluding diaryl/α,β-unsaturated/α-hetero) is 1. The molecule has 0 spiro atoms. The van der Waals surface area contributed by atoms with Crippen LogP contribution >= 0.6 is 11.6 Å². The summed E-state index contributed by atoms with van der Waals surface area (Å²) in [6, 6.07) is 13.5. The van der Waals surface area contributed by atoms with Gasteiger partial charge in [0.2, 0.25) is 0 Å². The van der Waals surface area contributed by atoms with Crippen molar-refractivity contribution >= 4 is 39.5 Å². The lowest BCUT2D eigenvalue weighted by Crippen LogP contribution is -2.28. The lowest BCUT2D eigenvalue weighted by molar-refractivity contribution is -0.384. The molecular weight excluding hydrogens is 372 g/mol. The van der Waals surface area contributed by atoms with Crippen molar-refractivity contribution in [3.05, 3.63) is 75.3 Å². The summed E-state index contributed by atoms with van der Waals surface area (Å²) in [6.07, 6.45) is -1.34. The van der Waals surface area contributed by atoms with Crippen LogP contribution in [0.2, 0.25) is 5.02 Å². The highest BCUT2D eigenvalue weighted by atomic mass is 35.5. The van der Waals surface area contributed by atoms with Gasteiger partial charge in [0.1, 0.15) is 11.9 Å². The molecule has 3 N–H and O–H groups in total. The first-order valence-corrected chi connectivity index (χ1v) is 8.37. The van der Waals surface area contributed by atoms with E-state index in [0.717, 1.165) is 0 Å². The zero-order chi connectivity index (χ0) is 19.6. The molecule has 8 heteroatoms. The smallest absolute Gasteiger partial charge is 0.269 e. The second kappa shape index (κ2) is 7.61. The Bertz CT molecular complexity index is 1020. The number of ketones is 1. The van der Waals surface area contributed by atoms with Gasteiger partial charge in [0, 0.05) is 40.7 Å². The van der Waals surface area contributed by atoms with Gasteiger partial charge in [0.05, 0.1) is 9.95 Å². The lowest BCUT2D eigenvalue weighted by Gasteiger charge is -2.14. The summed E-state index contributed by atoms with van der Waals surface area (Å²) in [5.74, 6) is -0.594. The number of fused-ring (bicyclic) bond motifs is 1. The van der Waals surface area contributed by atoms with E-state index < -0.39 is 16.8 Å². The number of carbonyl (C=O) groups excluding carboxylic acids is 1. The van der Waals surface area contributed by atoms with E-state index in [1.807, 2.05) is 0 Å². The topological polar surface area (TPSA) is 113 Å². The normalized spacial score (nSPS) is 11.9. The summed E-state index contributed by atoms with van der Waals surface area (Å²) in [7, 11) is 0. The number of carbonyl (C=O) groups is 1. The lowest BCUT2D eigenvalue weighted by atomic mass is 10.0. The van der Waals surface area contributed by atoms with Crippen molar-refractivity contribution in [3.63, 3.8) is 0 Å². The van der Waals surface area contributed by atoms with E-state index in [1.165, 1.54) is 24.3 Å². The molecule has 3 aromatic carbocycles. The monoisotopic (exact) mass is 386 g/mol. The summed E-state index contributed by atoms with van der Waals surface area (Å²) in [5.41, 5.74) is 0.667. The summed E-state index contributed by atoms with van der Waals surface area (Å²) >= 11 is 5.91. The molecule has 0 amide bonds. The Morgan fingerprint density at radius 1 is 1.11 bits per heavy atom. The van der Waals surface area contributed by atoms with Gasteiger partial charge < -0.3 is 15.5 Å². The second-order valence-corrected chi connectivity index (χ2v) is 6.27. The highest BCUT2D eigenvalue weighted by Gasteiger charge is 2.18. The molecule has 3 rings (SSSR count). The number of nitro groups is 1. The molecule has 0 bridgehead atoms. The van der Waals surface area contributed by atoms with Crippen molar-refractivity contribution in [1.29, 1.82) is 0 Å². The van der Waals surface area contributed by atoms with Crippen LogP contribution in [0, 0.1) is 10.1 Å². The van der Waals surface area contributed by atoms with Gasteiger partial charge in [0.15, 0.2) is 5.78 Å². The molecule has 0 aromatic heterocycles. The van der Waals surface area contributed by atoms with Gasteiger partial charge >= 0.3 is 0 Å². The van der Waals surface area contributed by atoms with Crippen molar-refractivity contribution in [1.82, 2.24) is 0 Å². The molecule has 0 saturated carbocycles. The molecule has 7 nitrogen and oxygen atoms in total. The number of phenolic OH excluding ortho intramolecular Hbond substituents is 1. The standard InChI is InChI=1S/C19H15ClN2O5/c20-15-9-8-13-14(19(15)25)2-1-3-16(13)21-10-17(23)18(24)11-4-6-12(7-5-11)22(26)27/h1-9,17,21,23,25H,10H2. The van der Waals surface area contributed by atoms with Crippen molar-refractivity contribution in [3.8, 4) is 5.75 Å². The van der Waals surface area contributed by atoms with Crippen LogP contribution in [0.5, 0.6) is 5.75 Å². The summed E-state index contributed by atoms with van der Waals surface area (Å²) in [5, 5.41) is 35.3. The molecule has 0 fully saturated rings. The molecule has 27 heavy (non-hydrogen) atoms. The van der Waals surface area contributed by atoms with Gasteiger partial charge in [0.25, 0.3) is 5.69 Å². The van der Waals surface area contributed by atoms with Crippen LogP contribution < -0.4 is 5.32 Å². The van der Waals surface area contributed by atoms with E-state index in [-0.39, 0.29) is 28.6 Å². The highest BCUT2D eigenvalue weighted by molar-refractivity contribution is 6.33. The number of halogens is 1. The molecule has 138 valence electrons. The molecule has 0 saturated heterocycles. The average Bonchev–Trinajstić information content (AvgIpc) is 2.68. The first-order chi connectivity index (χ1) is 12.9. The number of rotatable bonds is 6. The Balaban J connectivity index is 1.74. The largest absolute Gasteiger partial charge is 0.506 e. The number of phenols is 1. The van der Waals surface area contributed by atoms with Crippen LogP contribution in [-0.2, 0) is 0 Å². The first-order valence-electron chi connectivity index (χ1n) is 7.99. The second-order valence-electron chi connectivity index (χ2n) is 5.86. The van der Waals surface area contributed by atoms with Crippen LogP contribution in [-0.4, -0.2) is 33.6 Å². The Labute approximate surface area is 159 Å². The minimum Gasteiger partial charge on any atom is -0.506 e. The predicted octanol–water partition coefficient (Wildman–Crippen LogP) is 3.76. The predicted molar refractivity (Wildman–Crippen MR) is 103 cm³/mol. The molecule has 0 aliphatic rings. The van der Waals surface area contributed by atoms with Crippen LogP contribution in [0.15, 0.2) is 54.6 Å². The fraction of sp³-hybridized carbons (Fsp3) is 0.105. The molecule has 0 radical (unpaired) electrons. The summed E-state index contributed by atoms with van der Waals surface area (Å²) in [6.45, 7) is -0.0711. The van der Waals surface area contributed by atoms with Crippen LogP contribution in [0.1, 0.15) is 10.4 Å². The number of non-ortho nitro benzene ring substituents is 1. The number of aromatic hydroxyl groups is 1. The summed E-state index contributed by atoms with van der Waals surface area (Å²) < 4.78 is 0. The molecule has 0 aliphatic carbocycles. The van der Waals surface area contributed by atoms with E-state index in [9.17, 15) is 25.1 Å². The van der Waals surface area contributed by atoms with Gasteiger partial charge in [-0.1, -0.05) is 29.8 Å². The minimum absolute atomic E-state index is 0.0414. The summed E-state index contributed by atoms with van der Waals surface area (Å²) in [4.78, 5) is 22.4. The molecule has 1 atom stereocenters. The molecule has 0 aliphatic heterocycles. The van der Waals surface area contributed by atoms with Gasteiger partial charge in [-0.05, 0) is 24.3 Å². The fourth-order valence-corrected chi connectivity index (χ4v) is 2.87. The van der Waals surface area contributed by atoms with Gasteiger partial charge in [-0.15, -0.1) is 0 Å². The van der Waals surface area contributed by atoms with E-state index in [0.29, 0.717) is 16.5 Å². The SMILES string of the molecule is O=C(c1ccc([N+](=O)[O-])cc1)C(O)CNc1cccc2c(O)c(Cl)ccc12. The maximum absolute atomic E-state index is 12.3. The van der Waals surface area contributed by atoms with Crippen LogP contribution in [0.3, 0.4) is 0 Å². The third kappa shape index (κ3) is 3.84. The third-order valence-corrected chi connectivity index (χ3v) is 4.44. The number of aliphatic hydroxyl groups excluding tert-OH is 1. The number of benzene rings is 3. The molecule has 1 unspecified atom stereocenters. The quantitative estimate of drug-likeness (QED) is 0.338. The maximum Gasteiger partial charge on any atom is 0.269 e. The zero-order valence-electron chi connectivity index (χ0n) is 13.9. The van der Waals surface area contributed by atoms with Crippen molar-refractivity contribution in [2.24, 2.45) is 0 Å². The van der Waals surface area contributed by atoms with E-state index in [2.05, 4.69) is 5.32 Å². The number of nitro benzene ring substituents is 1. The number of anilines is 1. The van der Waals surface area contributed by atoms with E-state index >= 15 is 0 Å². The Morgan fingerprint density at radius 2 is 1.81 bits per heavy atom. The van der Waals surface area contributed by atoms with E-state index in [1.54, 1.807) is 30.3 Å². The first kappa shape index (κ1) is 18.6. The van der Waals surface area contributed by atoms with Crippen molar-refractivity contribution in [2.75, 3.05) is 11.9 Å². The number of hydrogen-bond donors (Lipinski definition) is 3. The zero-order valence-corrected chi connectivity index (χ0v) is 14.7. The number of nitrogens with one attached hydrogen (secondary N) is 1. The van der Waals surface area contributed by atoms with Gasteiger partial charge in [-0.25, -0.2) is 0 Å². The van der Waals surface area contributed by atoms with Crippen LogP contribution in [0.25, 0.3) is 10.8 Å². The Kier molecular flexibility index (Phi) is 5.25. The number of hydrogen-bond acceptors (Lipinski definition) is 6. The van der Waals surface area contributed by atoms with Gasteiger partial charge in [-0.3, -0.25) is 14.9 Å². The highest BCUT2D eigenvalue weighted by Crippen LogP contribution is 2.35.